The number of rotatable bonds is 6. The Bertz CT molecular complexity index is 973. The fourth-order valence-corrected chi connectivity index (χ4v) is 2.48. The lowest BCUT2D eigenvalue weighted by molar-refractivity contribution is 0.0600. The smallest absolute Gasteiger partial charge is 0.337 e. The molecule has 0 bridgehead atoms. The normalized spacial score (nSPS) is 10.2. The first-order valence-electron chi connectivity index (χ1n) is 8.50. The van der Waals surface area contributed by atoms with E-state index >= 15 is 0 Å². The van der Waals surface area contributed by atoms with Crippen LogP contribution in [0, 0.1) is 5.82 Å². The Morgan fingerprint density at radius 3 is 2.36 bits per heavy atom. The summed E-state index contributed by atoms with van der Waals surface area (Å²) in [6.45, 7) is 0.0831. The number of nitrogens with one attached hydrogen (secondary N) is 2. The second kappa shape index (κ2) is 8.77. The van der Waals surface area contributed by atoms with Crippen molar-refractivity contribution < 1.29 is 18.7 Å². The van der Waals surface area contributed by atoms with E-state index in [0.29, 0.717) is 16.8 Å². The number of benzene rings is 2. The van der Waals surface area contributed by atoms with Crippen LogP contribution in [-0.4, -0.2) is 24.0 Å². The van der Waals surface area contributed by atoms with Gasteiger partial charge in [-0.15, -0.1) is 0 Å². The molecule has 0 fully saturated rings. The van der Waals surface area contributed by atoms with Gasteiger partial charge in [-0.1, -0.05) is 18.2 Å². The summed E-state index contributed by atoms with van der Waals surface area (Å²) in [6.07, 6.45) is 1.52. The average molecular weight is 379 g/mol. The third-order valence-corrected chi connectivity index (χ3v) is 3.99. The van der Waals surface area contributed by atoms with Crippen LogP contribution in [0.25, 0.3) is 0 Å². The van der Waals surface area contributed by atoms with E-state index < -0.39 is 11.9 Å². The SMILES string of the molecule is COC(=O)c1ccc(Nc2ccc(C(=O)NCc3ccccc3F)nc2)cc1. The van der Waals surface area contributed by atoms with Crippen LogP contribution in [0.5, 0.6) is 0 Å². The van der Waals surface area contributed by atoms with E-state index in [1.54, 1.807) is 54.6 Å². The predicted molar refractivity (Wildman–Crippen MR) is 103 cm³/mol. The van der Waals surface area contributed by atoms with Crippen LogP contribution in [0.1, 0.15) is 26.4 Å². The summed E-state index contributed by atoms with van der Waals surface area (Å²) in [4.78, 5) is 27.7. The summed E-state index contributed by atoms with van der Waals surface area (Å²) in [5.74, 6) is -1.16. The number of amides is 1. The third-order valence-electron chi connectivity index (χ3n) is 3.99. The predicted octanol–water partition coefficient (Wildman–Crippen LogP) is 3.68. The minimum Gasteiger partial charge on any atom is -0.465 e. The molecule has 0 atom stereocenters. The standard InChI is InChI=1S/C21H18FN3O3/c1-28-21(27)14-6-8-16(9-7-14)25-17-10-11-19(23-13-17)20(26)24-12-15-4-2-3-5-18(15)22/h2-11,13,25H,12H2,1H3,(H,24,26). The number of esters is 1. The Morgan fingerprint density at radius 1 is 1.00 bits per heavy atom. The molecule has 0 radical (unpaired) electrons. The maximum Gasteiger partial charge on any atom is 0.337 e. The average Bonchev–Trinajstić information content (AvgIpc) is 2.73. The molecule has 6 nitrogen and oxygen atoms in total. The van der Waals surface area contributed by atoms with Gasteiger partial charge in [0.1, 0.15) is 11.5 Å². The molecular formula is C21H18FN3O3. The second-order valence-electron chi connectivity index (χ2n) is 5.90. The lowest BCUT2D eigenvalue weighted by Gasteiger charge is -2.08. The molecule has 142 valence electrons. The Balaban J connectivity index is 1.59. The van der Waals surface area contributed by atoms with E-state index in [9.17, 15) is 14.0 Å². The van der Waals surface area contributed by atoms with Gasteiger partial charge in [0.15, 0.2) is 0 Å². The van der Waals surface area contributed by atoms with Gasteiger partial charge in [-0.25, -0.2) is 14.2 Å². The van der Waals surface area contributed by atoms with E-state index in [2.05, 4.69) is 20.4 Å². The van der Waals surface area contributed by atoms with Crippen molar-refractivity contribution in [3.8, 4) is 0 Å². The zero-order chi connectivity index (χ0) is 19.9. The number of nitrogens with zero attached hydrogens (tertiary/aromatic N) is 1. The molecule has 3 rings (SSSR count). The summed E-state index contributed by atoms with van der Waals surface area (Å²) in [5, 5.41) is 5.77. The van der Waals surface area contributed by atoms with E-state index in [1.165, 1.54) is 19.4 Å². The molecule has 0 saturated heterocycles. The number of aromatic nitrogens is 1. The minimum absolute atomic E-state index is 0.0831. The Kier molecular flexibility index (Phi) is 5.96. The fourth-order valence-electron chi connectivity index (χ4n) is 2.48. The molecule has 1 aromatic heterocycles. The maximum absolute atomic E-state index is 13.6. The van der Waals surface area contributed by atoms with Crippen LogP contribution < -0.4 is 10.6 Å². The summed E-state index contributed by atoms with van der Waals surface area (Å²) >= 11 is 0. The summed E-state index contributed by atoms with van der Waals surface area (Å²) in [5.41, 5.74) is 2.52. The summed E-state index contributed by atoms with van der Waals surface area (Å²) < 4.78 is 18.2. The second-order valence-corrected chi connectivity index (χ2v) is 5.90. The van der Waals surface area contributed by atoms with Crippen molar-refractivity contribution in [3.63, 3.8) is 0 Å². The minimum atomic E-state index is -0.404. The van der Waals surface area contributed by atoms with Crippen molar-refractivity contribution in [3.05, 3.63) is 89.5 Å². The van der Waals surface area contributed by atoms with Gasteiger partial charge in [-0.05, 0) is 42.5 Å². The Labute approximate surface area is 161 Å². The molecule has 0 aliphatic rings. The van der Waals surface area contributed by atoms with Crippen molar-refractivity contribution in [2.24, 2.45) is 0 Å². The monoisotopic (exact) mass is 379 g/mol. The lowest BCUT2D eigenvalue weighted by Crippen LogP contribution is -2.24. The first-order chi connectivity index (χ1) is 13.6. The molecule has 2 aromatic carbocycles. The van der Waals surface area contributed by atoms with Crippen LogP contribution >= 0.6 is 0 Å². The Hall–Kier alpha value is -3.74. The number of halogens is 1. The maximum atomic E-state index is 13.6. The molecule has 1 heterocycles. The number of hydrogen-bond acceptors (Lipinski definition) is 5. The van der Waals surface area contributed by atoms with Crippen molar-refractivity contribution in [2.45, 2.75) is 6.54 Å². The molecular weight excluding hydrogens is 361 g/mol. The van der Waals surface area contributed by atoms with E-state index in [1.807, 2.05) is 0 Å². The molecule has 0 spiro atoms. The molecule has 28 heavy (non-hydrogen) atoms. The topological polar surface area (TPSA) is 80.3 Å². The van der Waals surface area contributed by atoms with E-state index in [4.69, 9.17) is 0 Å². The molecule has 0 unspecified atom stereocenters. The molecule has 0 aliphatic heterocycles. The zero-order valence-corrected chi connectivity index (χ0v) is 15.1. The molecule has 0 saturated carbocycles. The Morgan fingerprint density at radius 2 is 1.71 bits per heavy atom. The summed E-state index contributed by atoms with van der Waals surface area (Å²) in [6, 6.07) is 16.3. The molecule has 2 N–H and O–H groups in total. The highest BCUT2D eigenvalue weighted by molar-refractivity contribution is 5.92. The van der Waals surface area contributed by atoms with Gasteiger partial charge in [-0.3, -0.25) is 4.79 Å². The number of methoxy groups -OCH3 is 1. The number of anilines is 2. The van der Waals surface area contributed by atoms with Crippen molar-refractivity contribution in [1.82, 2.24) is 10.3 Å². The van der Waals surface area contributed by atoms with Gasteiger partial charge in [0.25, 0.3) is 5.91 Å². The van der Waals surface area contributed by atoms with Crippen molar-refractivity contribution in [2.75, 3.05) is 12.4 Å². The van der Waals surface area contributed by atoms with Crippen molar-refractivity contribution >= 4 is 23.3 Å². The van der Waals surface area contributed by atoms with Crippen LogP contribution in [0.3, 0.4) is 0 Å². The van der Waals surface area contributed by atoms with Crippen LogP contribution in [0.2, 0.25) is 0 Å². The van der Waals surface area contributed by atoms with Gasteiger partial charge in [-0.2, -0.15) is 0 Å². The number of carbonyl (C=O) groups excluding carboxylic acids is 2. The largest absolute Gasteiger partial charge is 0.465 e. The highest BCUT2D eigenvalue weighted by Crippen LogP contribution is 2.17. The van der Waals surface area contributed by atoms with Crippen LogP contribution in [0.15, 0.2) is 66.9 Å². The van der Waals surface area contributed by atoms with Gasteiger partial charge in [0.05, 0.1) is 24.6 Å². The number of ether oxygens (including phenoxy) is 1. The van der Waals surface area contributed by atoms with Gasteiger partial charge in [0.2, 0.25) is 0 Å². The van der Waals surface area contributed by atoms with E-state index in [0.717, 1.165) is 5.69 Å². The molecule has 7 heteroatoms. The number of pyridine rings is 1. The van der Waals surface area contributed by atoms with Crippen LogP contribution in [-0.2, 0) is 11.3 Å². The summed E-state index contributed by atoms with van der Waals surface area (Å²) in [7, 11) is 1.33. The third kappa shape index (κ3) is 4.70. The van der Waals surface area contributed by atoms with Gasteiger partial charge in [0, 0.05) is 17.8 Å². The van der Waals surface area contributed by atoms with Gasteiger partial charge < -0.3 is 15.4 Å². The quantitative estimate of drug-likeness (QED) is 0.639. The fraction of sp³-hybridized carbons (Fsp3) is 0.0952. The molecule has 1 amide bonds. The van der Waals surface area contributed by atoms with Gasteiger partial charge >= 0.3 is 5.97 Å². The number of carbonyl (C=O) groups is 2. The van der Waals surface area contributed by atoms with Crippen molar-refractivity contribution in [1.29, 1.82) is 0 Å². The highest BCUT2D eigenvalue weighted by Gasteiger charge is 2.09. The first-order valence-corrected chi connectivity index (χ1v) is 8.50. The highest BCUT2D eigenvalue weighted by atomic mass is 19.1. The first kappa shape index (κ1) is 19.0. The van der Waals surface area contributed by atoms with Crippen LogP contribution in [0.4, 0.5) is 15.8 Å². The molecule has 0 aliphatic carbocycles. The molecule has 3 aromatic rings. The zero-order valence-electron chi connectivity index (χ0n) is 15.1. The lowest BCUT2D eigenvalue weighted by atomic mass is 10.2. The number of hydrogen-bond donors (Lipinski definition) is 2. The van der Waals surface area contributed by atoms with E-state index in [-0.39, 0.29) is 18.1 Å².